The zero-order valence-corrected chi connectivity index (χ0v) is 12.1. The number of rotatable bonds is 1. The van der Waals surface area contributed by atoms with Gasteiger partial charge in [-0.15, -0.1) is 0 Å². The third kappa shape index (κ3) is 1.79. The summed E-state index contributed by atoms with van der Waals surface area (Å²) in [4.78, 5) is 22.4. The lowest BCUT2D eigenvalue weighted by molar-refractivity contribution is 1.30. The first kappa shape index (κ1) is 12.9. The Bertz CT molecular complexity index is 1070. The third-order valence-electron chi connectivity index (χ3n) is 3.71. The van der Waals surface area contributed by atoms with E-state index in [0.717, 1.165) is 22.0 Å². The Morgan fingerprint density at radius 2 is 2.00 bits per heavy atom. The van der Waals surface area contributed by atoms with Crippen LogP contribution in [0.3, 0.4) is 0 Å². The van der Waals surface area contributed by atoms with Gasteiger partial charge in [0.1, 0.15) is 5.69 Å². The second-order valence-corrected chi connectivity index (χ2v) is 5.49. The van der Waals surface area contributed by atoms with Gasteiger partial charge in [-0.2, -0.15) is 0 Å². The first-order chi connectivity index (χ1) is 10.6. The minimum atomic E-state index is -0.327. The fourth-order valence-corrected chi connectivity index (χ4v) is 2.89. The van der Waals surface area contributed by atoms with Gasteiger partial charge in [0.2, 0.25) is 0 Å². The number of fused-ring (bicyclic) bond motifs is 3. The van der Waals surface area contributed by atoms with Crippen LogP contribution < -0.4 is 11.3 Å². The van der Waals surface area contributed by atoms with Crippen LogP contribution in [-0.2, 0) is 0 Å². The van der Waals surface area contributed by atoms with E-state index in [9.17, 15) is 4.79 Å². The second-order valence-electron chi connectivity index (χ2n) is 5.05. The number of nitrogens with one attached hydrogen (secondary N) is 2. The highest BCUT2D eigenvalue weighted by molar-refractivity contribution is 6.31. The molecule has 0 aliphatic carbocycles. The topological polar surface area (TPSA) is 87.6 Å². The van der Waals surface area contributed by atoms with E-state index >= 15 is 0 Å². The van der Waals surface area contributed by atoms with Gasteiger partial charge in [-0.25, -0.2) is 0 Å². The molecule has 5 nitrogen and oxygen atoms in total. The average Bonchev–Trinajstić information content (AvgIpc) is 2.87. The largest absolute Gasteiger partial charge is 0.394 e. The van der Waals surface area contributed by atoms with E-state index < -0.39 is 0 Å². The number of nitrogens with zero attached hydrogens (tertiary/aromatic N) is 1. The summed E-state index contributed by atoms with van der Waals surface area (Å²) in [6.45, 7) is 0. The predicted molar refractivity (Wildman–Crippen MR) is 89.1 cm³/mol. The molecule has 0 amide bonds. The Kier molecular flexibility index (Phi) is 2.71. The van der Waals surface area contributed by atoms with E-state index in [0.29, 0.717) is 16.1 Å². The normalized spacial score (nSPS) is 11.3. The fraction of sp³-hybridized carbons (Fsp3) is 0. The molecule has 3 heterocycles. The highest BCUT2D eigenvalue weighted by Gasteiger charge is 2.16. The van der Waals surface area contributed by atoms with E-state index in [2.05, 4.69) is 15.0 Å². The number of aromatic amines is 2. The van der Waals surface area contributed by atoms with Gasteiger partial charge in [-0.05, 0) is 24.3 Å². The summed E-state index contributed by atoms with van der Waals surface area (Å²) >= 11 is 6.06. The van der Waals surface area contributed by atoms with Gasteiger partial charge in [-0.1, -0.05) is 17.7 Å². The second kappa shape index (κ2) is 4.61. The molecule has 0 aliphatic rings. The van der Waals surface area contributed by atoms with E-state index in [-0.39, 0.29) is 11.2 Å². The summed E-state index contributed by atoms with van der Waals surface area (Å²) < 4.78 is 0. The maximum atomic E-state index is 12.2. The van der Waals surface area contributed by atoms with Crippen LogP contribution in [0.2, 0.25) is 5.02 Å². The first-order valence-corrected chi connectivity index (χ1v) is 7.06. The van der Waals surface area contributed by atoms with E-state index in [4.69, 9.17) is 17.3 Å². The van der Waals surface area contributed by atoms with E-state index in [1.807, 2.05) is 18.2 Å². The molecule has 108 valence electrons. The van der Waals surface area contributed by atoms with Gasteiger partial charge in [-0.3, -0.25) is 9.78 Å². The molecule has 0 unspecified atom stereocenters. The van der Waals surface area contributed by atoms with Crippen molar-refractivity contribution < 1.29 is 0 Å². The minimum Gasteiger partial charge on any atom is -0.394 e. The molecule has 0 radical (unpaired) electrons. The average molecular weight is 311 g/mol. The molecule has 4 N–H and O–H groups in total. The molecule has 4 rings (SSSR count). The van der Waals surface area contributed by atoms with E-state index in [1.54, 1.807) is 24.5 Å². The lowest BCUT2D eigenvalue weighted by Crippen LogP contribution is -2.13. The van der Waals surface area contributed by atoms with Crippen molar-refractivity contribution in [1.82, 2.24) is 15.0 Å². The van der Waals surface area contributed by atoms with Crippen LogP contribution in [0.1, 0.15) is 0 Å². The van der Waals surface area contributed by atoms with Crippen molar-refractivity contribution in [2.45, 2.75) is 0 Å². The molecule has 0 fully saturated rings. The van der Waals surface area contributed by atoms with Gasteiger partial charge in [0.15, 0.2) is 0 Å². The van der Waals surface area contributed by atoms with Gasteiger partial charge in [0.25, 0.3) is 5.56 Å². The molecule has 0 atom stereocenters. The number of hydrogen-bond donors (Lipinski definition) is 3. The SMILES string of the molecule is Nc1c(-c2cccnc2)c2[nH]c3ccc(Cl)cc3c2[nH]c1=O. The number of hydrogen-bond acceptors (Lipinski definition) is 3. The zero-order valence-electron chi connectivity index (χ0n) is 11.4. The van der Waals surface area contributed by atoms with Gasteiger partial charge in [0.05, 0.1) is 11.0 Å². The highest BCUT2D eigenvalue weighted by Crippen LogP contribution is 2.34. The van der Waals surface area contributed by atoms with Crippen LogP contribution >= 0.6 is 11.6 Å². The predicted octanol–water partition coefficient (Wildman–Crippen LogP) is 3.31. The fourth-order valence-electron chi connectivity index (χ4n) is 2.72. The Morgan fingerprint density at radius 3 is 2.77 bits per heavy atom. The van der Waals surface area contributed by atoms with Crippen LogP contribution in [-0.4, -0.2) is 15.0 Å². The van der Waals surface area contributed by atoms with Gasteiger partial charge < -0.3 is 15.7 Å². The lowest BCUT2D eigenvalue weighted by atomic mass is 10.1. The Balaban J connectivity index is 2.22. The quantitative estimate of drug-likeness (QED) is 0.504. The summed E-state index contributed by atoms with van der Waals surface area (Å²) in [7, 11) is 0. The number of halogens is 1. The molecule has 0 saturated carbocycles. The van der Waals surface area contributed by atoms with E-state index in [1.165, 1.54) is 0 Å². The van der Waals surface area contributed by atoms with Crippen LogP contribution in [0.4, 0.5) is 5.69 Å². The van der Waals surface area contributed by atoms with Crippen molar-refractivity contribution in [2.75, 3.05) is 5.73 Å². The summed E-state index contributed by atoms with van der Waals surface area (Å²) in [6.07, 6.45) is 3.36. The smallest absolute Gasteiger partial charge is 0.272 e. The van der Waals surface area contributed by atoms with Crippen LogP contribution in [0.15, 0.2) is 47.5 Å². The summed E-state index contributed by atoms with van der Waals surface area (Å²) in [5.74, 6) is 0. The molecule has 6 heteroatoms. The molecule has 0 aliphatic heterocycles. The number of aromatic nitrogens is 3. The number of H-pyrrole nitrogens is 2. The number of anilines is 1. The molecule has 22 heavy (non-hydrogen) atoms. The molecular weight excluding hydrogens is 300 g/mol. The third-order valence-corrected chi connectivity index (χ3v) is 3.95. The Labute approximate surface area is 129 Å². The van der Waals surface area contributed by atoms with Gasteiger partial charge >= 0.3 is 0 Å². The summed E-state index contributed by atoms with van der Waals surface area (Å²) in [6, 6.07) is 9.16. The van der Waals surface area contributed by atoms with Crippen molar-refractivity contribution in [3.8, 4) is 11.1 Å². The molecule has 1 aromatic carbocycles. The van der Waals surface area contributed by atoms with Crippen molar-refractivity contribution in [2.24, 2.45) is 0 Å². The number of nitrogen functional groups attached to an aromatic ring is 1. The monoisotopic (exact) mass is 310 g/mol. The van der Waals surface area contributed by atoms with Crippen LogP contribution in [0.25, 0.3) is 33.1 Å². The van der Waals surface area contributed by atoms with Crippen molar-refractivity contribution in [3.05, 3.63) is 58.1 Å². The molecule has 4 aromatic rings. The first-order valence-electron chi connectivity index (χ1n) is 6.68. The summed E-state index contributed by atoms with van der Waals surface area (Å²) in [5.41, 5.74) is 9.63. The van der Waals surface area contributed by atoms with Gasteiger partial charge in [0, 0.05) is 39.4 Å². The number of nitrogens with two attached hydrogens (primary N) is 1. The lowest BCUT2D eigenvalue weighted by Gasteiger charge is -2.06. The standard InChI is InChI=1S/C16H11ClN4O/c17-9-3-4-11-10(6-9)14-15(20-11)12(13(18)16(22)21-14)8-2-1-5-19-7-8/h1-7,20H,18H2,(H,21,22). The Morgan fingerprint density at radius 1 is 1.14 bits per heavy atom. The number of benzene rings is 1. The maximum absolute atomic E-state index is 12.2. The molecule has 0 spiro atoms. The molecule has 3 aromatic heterocycles. The van der Waals surface area contributed by atoms with Crippen molar-refractivity contribution >= 4 is 39.2 Å². The van der Waals surface area contributed by atoms with Crippen molar-refractivity contribution in [1.29, 1.82) is 0 Å². The van der Waals surface area contributed by atoms with Crippen LogP contribution in [0, 0.1) is 0 Å². The molecule has 0 bridgehead atoms. The van der Waals surface area contributed by atoms with Crippen molar-refractivity contribution in [3.63, 3.8) is 0 Å². The zero-order chi connectivity index (χ0) is 15.3. The highest BCUT2D eigenvalue weighted by atomic mass is 35.5. The summed E-state index contributed by atoms with van der Waals surface area (Å²) in [5, 5.41) is 1.46. The maximum Gasteiger partial charge on any atom is 0.272 e. The number of pyridine rings is 2. The minimum absolute atomic E-state index is 0.165. The molecular formula is C16H11ClN4O. The Hall–Kier alpha value is -2.79. The van der Waals surface area contributed by atoms with Crippen LogP contribution in [0.5, 0.6) is 0 Å². The molecule has 0 saturated heterocycles.